The van der Waals surface area contributed by atoms with E-state index in [0.29, 0.717) is 19.5 Å². The zero-order valence-corrected chi connectivity index (χ0v) is 9.06. The molecule has 4 nitrogen and oxygen atoms in total. The van der Waals surface area contributed by atoms with E-state index >= 15 is 0 Å². The number of aliphatic hydroxyl groups excluding tert-OH is 1. The molecule has 1 amide bonds. The zero-order chi connectivity index (χ0) is 10.8. The van der Waals surface area contributed by atoms with Crippen LogP contribution in [0.3, 0.4) is 0 Å². The molecule has 0 bridgehead atoms. The van der Waals surface area contributed by atoms with E-state index in [-0.39, 0.29) is 24.5 Å². The van der Waals surface area contributed by atoms with Gasteiger partial charge in [0.15, 0.2) is 0 Å². The molecule has 0 radical (unpaired) electrons. The van der Waals surface area contributed by atoms with Gasteiger partial charge in [-0.1, -0.05) is 12.8 Å². The Balaban J connectivity index is 1.87. The number of aliphatic hydroxyl groups is 1. The Kier molecular flexibility index (Phi) is 3.26. The monoisotopic (exact) mass is 212 g/mol. The lowest BCUT2D eigenvalue weighted by atomic mass is 9.90. The molecule has 2 atom stereocenters. The van der Waals surface area contributed by atoms with Crippen LogP contribution in [0.25, 0.3) is 0 Å². The molecule has 15 heavy (non-hydrogen) atoms. The minimum Gasteiger partial charge on any atom is -0.393 e. The van der Waals surface area contributed by atoms with Gasteiger partial charge in [-0.15, -0.1) is 0 Å². The van der Waals surface area contributed by atoms with Crippen LogP contribution in [0.1, 0.15) is 25.7 Å². The second kappa shape index (κ2) is 4.49. The summed E-state index contributed by atoms with van der Waals surface area (Å²) in [5.41, 5.74) is 5.34. The third-order valence-corrected chi connectivity index (χ3v) is 3.55. The van der Waals surface area contributed by atoms with Crippen LogP contribution in [0.2, 0.25) is 0 Å². The van der Waals surface area contributed by atoms with Gasteiger partial charge in [-0.3, -0.25) is 4.79 Å². The third kappa shape index (κ3) is 2.69. The van der Waals surface area contributed by atoms with Gasteiger partial charge in [0.1, 0.15) is 0 Å². The standard InChI is InChI=1S/C11H20N2O2/c12-6-11(15)13-4-3-10(14)9(7-13)5-8-1-2-8/h8-10,14H,1-7,12H2. The summed E-state index contributed by atoms with van der Waals surface area (Å²) in [4.78, 5) is 13.2. The number of piperidine rings is 1. The van der Waals surface area contributed by atoms with Crippen LogP contribution in [0.15, 0.2) is 0 Å². The zero-order valence-electron chi connectivity index (χ0n) is 9.06. The smallest absolute Gasteiger partial charge is 0.236 e. The second-order valence-electron chi connectivity index (χ2n) is 4.84. The van der Waals surface area contributed by atoms with Gasteiger partial charge in [0.2, 0.25) is 5.91 Å². The molecule has 0 aromatic heterocycles. The van der Waals surface area contributed by atoms with Gasteiger partial charge in [-0.2, -0.15) is 0 Å². The van der Waals surface area contributed by atoms with Crippen LogP contribution >= 0.6 is 0 Å². The highest BCUT2D eigenvalue weighted by Gasteiger charge is 2.34. The maximum absolute atomic E-state index is 11.4. The van der Waals surface area contributed by atoms with Gasteiger partial charge >= 0.3 is 0 Å². The molecule has 0 aromatic rings. The minimum atomic E-state index is -0.215. The second-order valence-corrected chi connectivity index (χ2v) is 4.84. The SMILES string of the molecule is NCC(=O)N1CCC(O)C(CC2CC2)C1. The van der Waals surface area contributed by atoms with Crippen molar-refractivity contribution < 1.29 is 9.90 Å². The van der Waals surface area contributed by atoms with Crippen molar-refractivity contribution in [2.45, 2.75) is 31.8 Å². The van der Waals surface area contributed by atoms with Crippen LogP contribution in [0.4, 0.5) is 0 Å². The first-order chi connectivity index (χ1) is 7.20. The van der Waals surface area contributed by atoms with Crippen molar-refractivity contribution >= 4 is 5.91 Å². The highest BCUT2D eigenvalue weighted by molar-refractivity contribution is 5.78. The lowest BCUT2D eigenvalue weighted by Gasteiger charge is -2.36. The van der Waals surface area contributed by atoms with Crippen LogP contribution < -0.4 is 5.73 Å². The van der Waals surface area contributed by atoms with Crippen LogP contribution in [0, 0.1) is 11.8 Å². The largest absolute Gasteiger partial charge is 0.393 e. The Morgan fingerprint density at radius 1 is 1.40 bits per heavy atom. The van der Waals surface area contributed by atoms with Gasteiger partial charge < -0.3 is 15.7 Å². The van der Waals surface area contributed by atoms with Gasteiger partial charge in [-0.05, 0) is 18.8 Å². The van der Waals surface area contributed by atoms with Crippen LogP contribution in [-0.2, 0) is 4.79 Å². The van der Waals surface area contributed by atoms with E-state index < -0.39 is 0 Å². The van der Waals surface area contributed by atoms with Gasteiger partial charge in [-0.25, -0.2) is 0 Å². The fourth-order valence-electron chi connectivity index (χ4n) is 2.39. The molecule has 2 aliphatic rings. The van der Waals surface area contributed by atoms with Crippen LogP contribution in [-0.4, -0.2) is 41.7 Å². The number of carbonyl (C=O) groups excluding carboxylic acids is 1. The molecule has 86 valence electrons. The predicted molar refractivity (Wildman–Crippen MR) is 57.1 cm³/mol. The third-order valence-electron chi connectivity index (χ3n) is 3.55. The van der Waals surface area contributed by atoms with Crippen molar-refractivity contribution in [1.29, 1.82) is 0 Å². The van der Waals surface area contributed by atoms with Crippen LogP contribution in [0.5, 0.6) is 0 Å². The predicted octanol–water partition coefficient (Wildman–Crippen LogP) is -0.0454. The lowest BCUT2D eigenvalue weighted by Crippen LogP contribution is -2.48. The molecular weight excluding hydrogens is 192 g/mol. The molecule has 1 saturated heterocycles. The molecule has 4 heteroatoms. The normalized spacial score (nSPS) is 31.7. The summed E-state index contributed by atoms with van der Waals surface area (Å²) >= 11 is 0. The average Bonchev–Trinajstić information content (AvgIpc) is 3.04. The first-order valence-corrected chi connectivity index (χ1v) is 5.86. The van der Waals surface area contributed by atoms with Gasteiger partial charge in [0.05, 0.1) is 12.6 Å². The highest BCUT2D eigenvalue weighted by atomic mass is 16.3. The Morgan fingerprint density at radius 3 is 2.73 bits per heavy atom. The van der Waals surface area contributed by atoms with Gasteiger partial charge in [0, 0.05) is 19.0 Å². The summed E-state index contributed by atoms with van der Waals surface area (Å²) in [5.74, 6) is 1.10. The molecule has 2 unspecified atom stereocenters. The Hall–Kier alpha value is -0.610. The number of hydrogen-bond acceptors (Lipinski definition) is 3. The van der Waals surface area contributed by atoms with Gasteiger partial charge in [0.25, 0.3) is 0 Å². The summed E-state index contributed by atoms with van der Waals surface area (Å²) in [5, 5.41) is 9.85. The molecule has 1 saturated carbocycles. The van der Waals surface area contributed by atoms with E-state index in [4.69, 9.17) is 5.73 Å². The maximum atomic E-state index is 11.4. The van der Waals surface area contributed by atoms with E-state index in [9.17, 15) is 9.90 Å². The first-order valence-electron chi connectivity index (χ1n) is 5.86. The molecule has 0 spiro atoms. The molecule has 1 heterocycles. The molecule has 3 N–H and O–H groups in total. The number of likely N-dealkylation sites (tertiary alicyclic amines) is 1. The first kappa shape index (κ1) is 10.9. The summed E-state index contributed by atoms with van der Waals surface area (Å²) in [7, 11) is 0. The molecule has 0 aromatic carbocycles. The quantitative estimate of drug-likeness (QED) is 0.689. The average molecular weight is 212 g/mol. The minimum absolute atomic E-state index is 0.0164. The summed E-state index contributed by atoms with van der Waals surface area (Å²) in [6.07, 6.45) is 4.17. The Bertz CT molecular complexity index is 241. The molecule has 1 aliphatic carbocycles. The van der Waals surface area contributed by atoms with E-state index in [1.807, 2.05) is 0 Å². The van der Waals surface area contributed by atoms with Crippen molar-refractivity contribution in [3.8, 4) is 0 Å². The molecular formula is C11H20N2O2. The molecule has 2 rings (SSSR count). The fraction of sp³-hybridized carbons (Fsp3) is 0.909. The number of amides is 1. The number of nitrogens with two attached hydrogens (primary N) is 1. The van der Waals surface area contributed by atoms with Crippen molar-refractivity contribution in [3.63, 3.8) is 0 Å². The molecule has 1 aliphatic heterocycles. The number of rotatable bonds is 3. The van der Waals surface area contributed by atoms with E-state index in [1.165, 1.54) is 12.8 Å². The summed E-state index contributed by atoms with van der Waals surface area (Å²) < 4.78 is 0. The topological polar surface area (TPSA) is 66.6 Å². The maximum Gasteiger partial charge on any atom is 0.236 e. The Morgan fingerprint density at radius 2 is 2.13 bits per heavy atom. The van der Waals surface area contributed by atoms with Crippen molar-refractivity contribution in [2.24, 2.45) is 17.6 Å². The van der Waals surface area contributed by atoms with Crippen molar-refractivity contribution in [1.82, 2.24) is 4.90 Å². The summed E-state index contributed by atoms with van der Waals surface area (Å²) in [6.45, 7) is 1.46. The van der Waals surface area contributed by atoms with Crippen molar-refractivity contribution in [2.75, 3.05) is 19.6 Å². The lowest BCUT2D eigenvalue weighted by molar-refractivity contribution is -0.133. The Labute approximate surface area is 90.4 Å². The number of nitrogens with zero attached hydrogens (tertiary/aromatic N) is 1. The van der Waals surface area contributed by atoms with Crippen molar-refractivity contribution in [3.05, 3.63) is 0 Å². The fourth-order valence-corrected chi connectivity index (χ4v) is 2.39. The van der Waals surface area contributed by atoms with E-state index in [0.717, 1.165) is 12.3 Å². The highest BCUT2D eigenvalue weighted by Crippen LogP contribution is 2.37. The number of hydrogen-bond donors (Lipinski definition) is 2. The van der Waals surface area contributed by atoms with E-state index in [1.54, 1.807) is 4.90 Å². The summed E-state index contributed by atoms with van der Waals surface area (Å²) in [6, 6.07) is 0. The van der Waals surface area contributed by atoms with E-state index in [2.05, 4.69) is 0 Å². The molecule has 2 fully saturated rings. The number of carbonyl (C=O) groups is 1.